The van der Waals surface area contributed by atoms with Crippen molar-refractivity contribution in [1.82, 2.24) is 15.3 Å². The molecule has 0 unspecified atom stereocenters. The Morgan fingerprint density at radius 2 is 1.81 bits per heavy atom. The van der Waals surface area contributed by atoms with Crippen molar-refractivity contribution in [3.8, 4) is 17.3 Å². The maximum atomic E-state index is 12.9. The molecule has 2 rings (SSSR count). The Morgan fingerprint density at radius 1 is 1.09 bits per heavy atom. The molecule has 32 heavy (non-hydrogen) atoms. The van der Waals surface area contributed by atoms with Crippen LogP contribution in [0.25, 0.3) is 11.3 Å². The molecule has 2 aromatic rings. The van der Waals surface area contributed by atoms with Crippen molar-refractivity contribution >= 4 is 11.9 Å². The molecule has 0 amide bonds. The molecule has 13 heteroatoms. The van der Waals surface area contributed by atoms with Gasteiger partial charge in [0.05, 0.1) is 17.8 Å². The highest BCUT2D eigenvalue weighted by molar-refractivity contribution is 5.89. The average Bonchev–Trinajstić information content (AvgIpc) is 2.72. The predicted octanol–water partition coefficient (Wildman–Crippen LogP) is 3.19. The third-order valence-corrected chi connectivity index (χ3v) is 3.86. The van der Waals surface area contributed by atoms with Gasteiger partial charge < -0.3 is 10.1 Å². The molecular formula is C19H14F6N4O3. The molecule has 0 spiro atoms. The van der Waals surface area contributed by atoms with Crippen molar-refractivity contribution in [1.29, 1.82) is 5.26 Å². The minimum absolute atomic E-state index is 0.111. The molecule has 170 valence electrons. The quantitative estimate of drug-likeness (QED) is 0.293. The van der Waals surface area contributed by atoms with Crippen LogP contribution in [0.3, 0.4) is 0 Å². The lowest BCUT2D eigenvalue weighted by atomic mass is 10.1. The van der Waals surface area contributed by atoms with E-state index in [1.54, 1.807) is 6.07 Å². The summed E-state index contributed by atoms with van der Waals surface area (Å²) in [5, 5.41) is 11.6. The summed E-state index contributed by atoms with van der Waals surface area (Å²) in [7, 11) is 0. The Bertz CT molecular complexity index is 1030. The summed E-state index contributed by atoms with van der Waals surface area (Å²) in [6, 6.07) is 7.53. The van der Waals surface area contributed by atoms with Gasteiger partial charge in [-0.05, 0) is 37.6 Å². The molecule has 0 saturated heterocycles. The summed E-state index contributed by atoms with van der Waals surface area (Å²) in [6.45, 7) is -0.537. The second-order valence-corrected chi connectivity index (χ2v) is 6.30. The summed E-state index contributed by atoms with van der Waals surface area (Å²) in [6.07, 6.45) is -9.32. The van der Waals surface area contributed by atoms with Gasteiger partial charge in [-0.1, -0.05) is 12.1 Å². The Hall–Kier alpha value is -3.53. The van der Waals surface area contributed by atoms with Crippen molar-refractivity contribution in [3.63, 3.8) is 0 Å². The highest BCUT2D eigenvalue weighted by Gasteiger charge is 2.42. The largest absolute Gasteiger partial charge is 0.491 e. The van der Waals surface area contributed by atoms with Crippen LogP contribution >= 0.6 is 0 Å². The van der Waals surface area contributed by atoms with E-state index in [9.17, 15) is 35.9 Å². The van der Waals surface area contributed by atoms with E-state index in [1.165, 1.54) is 18.2 Å². The van der Waals surface area contributed by atoms with Crippen LogP contribution in [0.5, 0.6) is 0 Å². The van der Waals surface area contributed by atoms with Gasteiger partial charge in [-0.25, -0.2) is 14.8 Å². The minimum atomic E-state index is -5.28. The molecule has 0 aliphatic rings. The molecule has 0 bridgehead atoms. The van der Waals surface area contributed by atoms with Crippen LogP contribution in [0.2, 0.25) is 0 Å². The van der Waals surface area contributed by atoms with Crippen LogP contribution in [0, 0.1) is 11.3 Å². The maximum Gasteiger partial charge on any atom is 0.491 e. The van der Waals surface area contributed by atoms with Crippen LogP contribution in [0.1, 0.15) is 23.5 Å². The van der Waals surface area contributed by atoms with Gasteiger partial charge in [0.1, 0.15) is 6.07 Å². The fourth-order valence-corrected chi connectivity index (χ4v) is 2.46. The standard InChI is InChI=1S/C19H14F6N4O3/c20-18(21,22)12-4-1-3-11(7-12)14-8-13(28-15(9-26)29-14)5-2-6-27-10-16(30)32-17(31)19(23,24)25/h1,3-4,7-8,27H,2,5-6,10H2. The molecule has 0 fully saturated rings. The number of hydrogen-bond donors (Lipinski definition) is 1. The number of carbonyl (C=O) groups is 2. The Morgan fingerprint density at radius 3 is 2.44 bits per heavy atom. The average molecular weight is 460 g/mol. The molecule has 7 nitrogen and oxygen atoms in total. The summed E-state index contributed by atoms with van der Waals surface area (Å²) in [5.74, 6) is -4.28. The molecule has 0 aliphatic heterocycles. The second kappa shape index (κ2) is 10.2. The van der Waals surface area contributed by atoms with Crippen molar-refractivity contribution in [2.45, 2.75) is 25.2 Å². The highest BCUT2D eigenvalue weighted by atomic mass is 19.4. The monoisotopic (exact) mass is 460 g/mol. The van der Waals surface area contributed by atoms with E-state index in [0.29, 0.717) is 12.1 Å². The third kappa shape index (κ3) is 7.31. The van der Waals surface area contributed by atoms with Crippen LogP contribution in [-0.4, -0.2) is 41.2 Å². The van der Waals surface area contributed by atoms with E-state index < -0.39 is 36.4 Å². The van der Waals surface area contributed by atoms with Crippen molar-refractivity contribution < 1.29 is 40.7 Å². The van der Waals surface area contributed by atoms with Gasteiger partial charge in [-0.15, -0.1) is 0 Å². The van der Waals surface area contributed by atoms with Gasteiger partial charge in [0.2, 0.25) is 5.82 Å². The molecule has 0 atom stereocenters. The van der Waals surface area contributed by atoms with Gasteiger partial charge in [-0.2, -0.15) is 31.6 Å². The number of aryl methyl sites for hydroxylation is 1. The van der Waals surface area contributed by atoms with E-state index in [1.807, 2.05) is 0 Å². The second-order valence-electron chi connectivity index (χ2n) is 6.30. The normalized spacial score (nSPS) is 11.7. The minimum Gasteiger partial charge on any atom is -0.385 e. The van der Waals surface area contributed by atoms with E-state index in [0.717, 1.165) is 12.1 Å². The molecule has 1 aromatic carbocycles. The van der Waals surface area contributed by atoms with E-state index in [4.69, 9.17) is 5.26 Å². The van der Waals surface area contributed by atoms with E-state index >= 15 is 0 Å². The fraction of sp³-hybridized carbons (Fsp3) is 0.316. The lowest BCUT2D eigenvalue weighted by Crippen LogP contribution is -2.33. The number of hydrogen-bond acceptors (Lipinski definition) is 7. The molecule has 0 saturated carbocycles. The first-order chi connectivity index (χ1) is 14.9. The SMILES string of the molecule is N#Cc1nc(CCCNCC(=O)OC(=O)C(F)(F)F)cc(-c2cccc(C(F)(F)F)c2)n1. The first-order valence-electron chi connectivity index (χ1n) is 8.88. The van der Waals surface area contributed by atoms with Gasteiger partial charge >= 0.3 is 24.3 Å². The number of nitrogens with zero attached hydrogens (tertiary/aromatic N) is 3. The van der Waals surface area contributed by atoms with Gasteiger partial charge in [0.25, 0.3) is 0 Å². The Labute approximate surface area is 177 Å². The summed E-state index contributed by atoms with van der Waals surface area (Å²) < 4.78 is 78.4. The smallest absolute Gasteiger partial charge is 0.385 e. The summed E-state index contributed by atoms with van der Waals surface area (Å²) in [5.41, 5.74) is -0.302. The summed E-state index contributed by atoms with van der Waals surface area (Å²) >= 11 is 0. The Kier molecular flexibility index (Phi) is 7.87. The zero-order valence-corrected chi connectivity index (χ0v) is 16.0. The van der Waals surface area contributed by atoms with Gasteiger partial charge in [-0.3, -0.25) is 4.79 Å². The topological polar surface area (TPSA) is 105 Å². The Balaban J connectivity index is 1.97. The first-order valence-corrected chi connectivity index (χ1v) is 8.88. The number of nitriles is 1. The fourth-order valence-electron chi connectivity index (χ4n) is 2.46. The zero-order chi connectivity index (χ0) is 23.9. The number of alkyl halides is 6. The van der Waals surface area contributed by atoms with Crippen LogP contribution in [0.4, 0.5) is 26.3 Å². The van der Waals surface area contributed by atoms with Gasteiger partial charge in [0, 0.05) is 11.3 Å². The number of rotatable bonds is 7. The number of ether oxygens (including phenoxy) is 1. The van der Waals surface area contributed by atoms with Crippen molar-refractivity contribution in [3.05, 3.63) is 47.4 Å². The number of carbonyl (C=O) groups excluding carboxylic acids is 2. The maximum absolute atomic E-state index is 12.9. The predicted molar refractivity (Wildman–Crippen MR) is 95.5 cm³/mol. The van der Waals surface area contributed by atoms with Gasteiger partial charge in [0.15, 0.2) is 0 Å². The van der Waals surface area contributed by atoms with Crippen LogP contribution in [0.15, 0.2) is 30.3 Å². The molecule has 1 aromatic heterocycles. The van der Waals surface area contributed by atoms with Crippen molar-refractivity contribution in [2.75, 3.05) is 13.1 Å². The molecular weight excluding hydrogens is 446 g/mol. The number of benzene rings is 1. The number of esters is 2. The molecule has 0 radical (unpaired) electrons. The highest BCUT2D eigenvalue weighted by Crippen LogP contribution is 2.31. The lowest BCUT2D eigenvalue weighted by molar-refractivity contribution is -0.201. The number of halogens is 6. The van der Waals surface area contributed by atoms with Crippen molar-refractivity contribution in [2.24, 2.45) is 0 Å². The van der Waals surface area contributed by atoms with E-state index in [2.05, 4.69) is 20.0 Å². The number of aromatic nitrogens is 2. The number of nitrogens with one attached hydrogen (secondary N) is 1. The van der Waals surface area contributed by atoms with Crippen LogP contribution < -0.4 is 5.32 Å². The third-order valence-electron chi connectivity index (χ3n) is 3.86. The van der Waals surface area contributed by atoms with Crippen LogP contribution in [-0.2, 0) is 26.9 Å². The summed E-state index contributed by atoms with van der Waals surface area (Å²) in [4.78, 5) is 29.6. The molecule has 1 N–H and O–H groups in total. The first kappa shape index (κ1) is 24.7. The van der Waals surface area contributed by atoms with E-state index in [-0.39, 0.29) is 30.0 Å². The molecule has 0 aliphatic carbocycles. The zero-order valence-electron chi connectivity index (χ0n) is 16.0. The lowest BCUT2D eigenvalue weighted by Gasteiger charge is -2.10. The molecule has 1 heterocycles.